The molecule has 5 rings (SSSR count). The average Bonchev–Trinajstić information content (AvgIpc) is 3.14. The number of halogens is 3. The van der Waals surface area contributed by atoms with Crippen LogP contribution in [-0.4, -0.2) is 71.6 Å². The van der Waals surface area contributed by atoms with E-state index in [4.69, 9.17) is 20.4 Å². The van der Waals surface area contributed by atoms with Gasteiger partial charge in [-0.15, -0.1) is 0 Å². The second-order valence-electron chi connectivity index (χ2n) is 10.7. The van der Waals surface area contributed by atoms with Crippen molar-refractivity contribution < 1.29 is 50.1 Å². The van der Waals surface area contributed by atoms with Crippen molar-refractivity contribution in [2.45, 2.75) is 0 Å². The average molecular weight is 1010 g/mol. The van der Waals surface area contributed by atoms with Gasteiger partial charge in [0.05, 0.1) is 0 Å². The number of methoxy groups -OCH3 is 3. The van der Waals surface area contributed by atoms with E-state index in [1.807, 2.05) is 0 Å². The first-order chi connectivity index (χ1) is 24.8. The third kappa shape index (κ3) is 6.87. The predicted molar refractivity (Wildman–Crippen MR) is 202 cm³/mol. The Hall–Kier alpha value is -4.50. The second-order valence-corrected chi connectivity index (χ2v) is 24.0. The van der Waals surface area contributed by atoms with E-state index in [-0.39, 0.29) is 37.6 Å². The van der Waals surface area contributed by atoms with Gasteiger partial charge in [0.2, 0.25) is 0 Å². The minimum absolute atomic E-state index is 0.0137. The van der Waals surface area contributed by atoms with Gasteiger partial charge in [0.1, 0.15) is 0 Å². The number of aromatic carboxylic acids is 2. The summed E-state index contributed by atoms with van der Waals surface area (Å²) in [4.78, 5) is 54.6. The molecule has 52 heavy (non-hydrogen) atoms. The summed E-state index contributed by atoms with van der Waals surface area (Å²) in [5, 5.41) is 20.3. The first-order valence-corrected chi connectivity index (χ1v) is 23.1. The van der Waals surface area contributed by atoms with Crippen molar-refractivity contribution in [2.75, 3.05) is 21.3 Å². The van der Waals surface area contributed by atoms with Gasteiger partial charge >= 0.3 is 326 Å². The van der Waals surface area contributed by atoms with Gasteiger partial charge in [-0.25, -0.2) is 0 Å². The molecule has 0 amide bonds. The molecule has 0 aromatic heterocycles. The molecule has 5 aromatic rings. The van der Waals surface area contributed by atoms with E-state index < -0.39 is 52.7 Å². The van der Waals surface area contributed by atoms with Crippen LogP contribution < -0.4 is 24.7 Å². The van der Waals surface area contributed by atoms with E-state index in [1.54, 1.807) is 36.4 Å². The Bertz CT molecular complexity index is 2040. The monoisotopic (exact) mass is 1010 g/mol. The topological polar surface area (TPSA) is 161 Å². The molecule has 0 saturated carbocycles. The Balaban J connectivity index is 2.14. The summed E-state index contributed by atoms with van der Waals surface area (Å²) in [7, 11) is 4.07. The van der Waals surface area contributed by atoms with Crippen LogP contribution in [0.3, 0.4) is 0 Å². The van der Waals surface area contributed by atoms with E-state index in [1.165, 1.54) is 88.1 Å². The van der Waals surface area contributed by atoms with Crippen molar-refractivity contribution in [1.82, 2.24) is 0 Å². The van der Waals surface area contributed by atoms with Crippen LogP contribution in [0.1, 0.15) is 20.7 Å². The molecular formula is C35H28Br3N2O11Sb+2. The van der Waals surface area contributed by atoms with Crippen molar-refractivity contribution in [3.63, 3.8) is 0 Å². The summed E-state index contributed by atoms with van der Waals surface area (Å²) in [5.41, 5.74) is -1.80. The molecule has 0 radical (unpaired) electrons. The SMILES string of the molecule is COc1ccc(Br)c[c]1[Sb]([O][N+](=O)c1ccccc1C(=O)O)([O][N+](=O)c1ccccc1C(=O)O)([c]1cc(Br)ccc1OC)[c]1cc(Br)ccc1OC. The predicted octanol–water partition coefficient (Wildman–Crippen LogP) is 6.90. The fourth-order valence-electron chi connectivity index (χ4n) is 5.61. The maximum absolute atomic E-state index is 14.9. The van der Waals surface area contributed by atoms with Gasteiger partial charge in [-0.3, -0.25) is 0 Å². The van der Waals surface area contributed by atoms with Crippen LogP contribution in [0.25, 0.3) is 0 Å². The van der Waals surface area contributed by atoms with E-state index in [9.17, 15) is 29.6 Å². The van der Waals surface area contributed by atoms with Crippen molar-refractivity contribution in [1.29, 1.82) is 0 Å². The van der Waals surface area contributed by atoms with E-state index in [2.05, 4.69) is 47.8 Å². The van der Waals surface area contributed by atoms with Crippen molar-refractivity contribution in [2.24, 2.45) is 0 Å². The fourth-order valence-corrected chi connectivity index (χ4v) is 22.3. The molecule has 0 atom stereocenters. The maximum atomic E-state index is 14.9. The first-order valence-electron chi connectivity index (χ1n) is 14.8. The van der Waals surface area contributed by atoms with Crippen LogP contribution in [0.15, 0.2) is 117 Å². The molecule has 0 aliphatic carbocycles. The molecular weight excluding hydrogens is 986 g/mol. The molecule has 0 aliphatic heterocycles. The Labute approximate surface area is 323 Å². The molecule has 0 saturated heterocycles. The van der Waals surface area contributed by atoms with Crippen LogP contribution in [0, 0.1) is 9.81 Å². The number of ether oxygens (including phenoxy) is 3. The van der Waals surface area contributed by atoms with E-state index in [0.29, 0.717) is 13.4 Å². The van der Waals surface area contributed by atoms with E-state index in [0.717, 1.165) is 0 Å². The molecule has 268 valence electrons. The summed E-state index contributed by atoms with van der Waals surface area (Å²) >= 11 is 3.14. The Morgan fingerprint density at radius 1 is 0.538 bits per heavy atom. The quantitative estimate of drug-likeness (QED) is 0.0881. The minimum atomic E-state index is -7.41. The van der Waals surface area contributed by atoms with Crippen molar-refractivity contribution in [3.8, 4) is 17.2 Å². The normalized spacial score (nSPS) is 11.8. The summed E-state index contributed by atoms with van der Waals surface area (Å²) < 4.78 is 32.7. The molecule has 0 bridgehead atoms. The van der Waals surface area contributed by atoms with E-state index >= 15 is 0 Å². The summed E-state index contributed by atoms with van der Waals surface area (Å²) in [5.74, 6) is -2.71. The molecule has 0 heterocycles. The van der Waals surface area contributed by atoms with Gasteiger partial charge in [0.25, 0.3) is 0 Å². The van der Waals surface area contributed by atoms with Crippen molar-refractivity contribution >= 4 is 99.9 Å². The molecule has 0 fully saturated rings. The zero-order valence-electron chi connectivity index (χ0n) is 27.4. The first kappa shape index (κ1) is 38.7. The summed E-state index contributed by atoms with van der Waals surface area (Å²) in [6.07, 6.45) is 0. The molecule has 5 aromatic carbocycles. The molecule has 0 unspecified atom stereocenters. The Morgan fingerprint density at radius 2 is 0.846 bits per heavy atom. The van der Waals surface area contributed by atoms with Crippen LogP contribution in [0.5, 0.6) is 17.2 Å². The summed E-state index contributed by atoms with van der Waals surface area (Å²) in [6.45, 7) is 0. The zero-order valence-corrected chi connectivity index (χ0v) is 34.7. The number of carbonyl (C=O) groups is 2. The number of carboxylic acid groups (broad SMARTS) is 2. The van der Waals surface area contributed by atoms with Gasteiger partial charge in [-0.2, -0.15) is 0 Å². The van der Waals surface area contributed by atoms with Crippen LogP contribution >= 0.6 is 47.8 Å². The number of hydrogen-bond donors (Lipinski definition) is 2. The van der Waals surface area contributed by atoms with Crippen LogP contribution in [-0.2, 0) is 6.23 Å². The molecule has 2 N–H and O–H groups in total. The third-order valence-electron chi connectivity index (χ3n) is 7.86. The molecule has 17 heteroatoms. The fraction of sp³-hybridized carbons (Fsp3) is 0.0857. The third-order valence-corrected chi connectivity index (χ3v) is 22.4. The summed E-state index contributed by atoms with van der Waals surface area (Å²) in [6, 6.07) is 24.8. The van der Waals surface area contributed by atoms with Crippen LogP contribution in [0.4, 0.5) is 11.4 Å². The van der Waals surface area contributed by atoms with Gasteiger partial charge in [0, 0.05) is 0 Å². The standard InChI is InChI=1S/3C7H6BrO.2C7H5NO4.Sb/c3*1-9-7-4-2-6(8)3-5-7;2*9-7(10)5-3-1-2-4-6(5)8(11)12;/h3*2-4H,1H3;2*1-4H,(H,9,10);/q;;;;;+2. The Morgan fingerprint density at radius 3 is 1.13 bits per heavy atom. The number of carboxylic acids is 2. The molecule has 0 spiro atoms. The second kappa shape index (κ2) is 15.6. The molecule has 13 nitrogen and oxygen atoms in total. The van der Waals surface area contributed by atoms with Gasteiger partial charge < -0.3 is 0 Å². The number of benzene rings is 5. The Kier molecular flexibility index (Phi) is 11.6. The number of nitrogens with zero attached hydrogens (tertiary/aromatic N) is 2. The van der Waals surface area contributed by atoms with Crippen molar-refractivity contribution in [3.05, 3.63) is 137 Å². The van der Waals surface area contributed by atoms with Gasteiger partial charge in [0.15, 0.2) is 0 Å². The number of rotatable bonds is 14. The zero-order chi connectivity index (χ0) is 37.8. The number of hydrogen-bond acceptors (Lipinski definition) is 9. The molecule has 0 aliphatic rings. The van der Waals surface area contributed by atoms with Crippen LogP contribution in [0.2, 0.25) is 0 Å². The van der Waals surface area contributed by atoms with Gasteiger partial charge in [-0.1, -0.05) is 0 Å². The number of para-hydroxylation sites is 2. The van der Waals surface area contributed by atoms with Gasteiger partial charge in [-0.05, 0) is 0 Å².